The molecule has 1 aliphatic heterocycles. The van der Waals surface area contributed by atoms with Crippen molar-refractivity contribution in [1.82, 2.24) is 4.90 Å². The summed E-state index contributed by atoms with van der Waals surface area (Å²) in [5, 5.41) is 0. The Kier molecular flexibility index (Phi) is 3.16. The second kappa shape index (κ2) is 4.39. The number of rotatable bonds is 2. The molecule has 2 nitrogen and oxygen atoms in total. The molecule has 0 aromatic carbocycles. The van der Waals surface area contributed by atoms with Crippen LogP contribution in [0.25, 0.3) is 0 Å². The lowest BCUT2D eigenvalue weighted by atomic mass is 9.88. The summed E-state index contributed by atoms with van der Waals surface area (Å²) >= 11 is 0. The maximum Gasteiger partial charge on any atom is 0.137 e. The van der Waals surface area contributed by atoms with Gasteiger partial charge < -0.3 is 0 Å². The minimum Gasteiger partial charge on any atom is -0.300 e. The van der Waals surface area contributed by atoms with Gasteiger partial charge in [0.15, 0.2) is 0 Å². The lowest BCUT2D eigenvalue weighted by Crippen LogP contribution is -2.33. The Morgan fingerprint density at radius 2 is 2.21 bits per heavy atom. The van der Waals surface area contributed by atoms with Crippen molar-refractivity contribution in [2.24, 2.45) is 5.92 Å². The van der Waals surface area contributed by atoms with Crippen LogP contribution in [0.2, 0.25) is 0 Å². The third kappa shape index (κ3) is 2.32. The molecule has 0 amide bonds. The predicted molar refractivity (Wildman–Crippen MR) is 52.9 cm³/mol. The first-order chi connectivity index (χ1) is 6.75. The molecule has 2 rings (SSSR count). The van der Waals surface area contributed by atoms with E-state index in [2.05, 4.69) is 4.90 Å². The Hall–Kier alpha value is -0.440. The summed E-state index contributed by atoms with van der Waals surface area (Å²) in [4.78, 5) is 13.7. The van der Waals surface area contributed by atoms with Gasteiger partial charge in [0.1, 0.15) is 12.0 Å². The number of alkyl halides is 1. The number of carbonyl (C=O) groups excluding carboxylic acids is 1. The minimum atomic E-state index is -0.659. The third-order valence-electron chi connectivity index (χ3n) is 3.37. The molecule has 0 bridgehead atoms. The van der Waals surface area contributed by atoms with Gasteiger partial charge in [-0.15, -0.1) is 0 Å². The summed E-state index contributed by atoms with van der Waals surface area (Å²) in [6.07, 6.45) is 3.99. The zero-order valence-corrected chi connectivity index (χ0v) is 8.54. The highest BCUT2D eigenvalue weighted by Gasteiger charge is 2.28. The van der Waals surface area contributed by atoms with E-state index in [-0.39, 0.29) is 5.92 Å². The SMILES string of the molecule is O=C1CCCCC1CN1CCC(F)C1. The van der Waals surface area contributed by atoms with Crippen LogP contribution in [0.5, 0.6) is 0 Å². The number of Topliss-reactive ketones (excluding diaryl/α,β-unsaturated/α-hetero) is 1. The van der Waals surface area contributed by atoms with Crippen LogP contribution in [0.15, 0.2) is 0 Å². The Morgan fingerprint density at radius 1 is 1.36 bits per heavy atom. The van der Waals surface area contributed by atoms with Gasteiger partial charge in [-0.2, -0.15) is 0 Å². The molecule has 0 spiro atoms. The first-order valence-electron chi connectivity index (χ1n) is 5.65. The summed E-state index contributed by atoms with van der Waals surface area (Å²) < 4.78 is 12.9. The molecule has 3 heteroatoms. The van der Waals surface area contributed by atoms with Crippen LogP contribution in [-0.4, -0.2) is 36.5 Å². The number of hydrogen-bond acceptors (Lipinski definition) is 2. The van der Waals surface area contributed by atoms with E-state index in [1.54, 1.807) is 0 Å². The minimum absolute atomic E-state index is 0.203. The molecule has 2 fully saturated rings. The average molecular weight is 199 g/mol. The van der Waals surface area contributed by atoms with Gasteiger partial charge in [-0.1, -0.05) is 6.42 Å². The summed E-state index contributed by atoms with van der Waals surface area (Å²) in [6.45, 7) is 2.19. The molecule has 14 heavy (non-hydrogen) atoms. The number of ketones is 1. The molecular weight excluding hydrogens is 181 g/mol. The standard InChI is InChI=1S/C11H18FNO/c12-10-5-6-13(8-10)7-9-3-1-2-4-11(9)14/h9-10H,1-8H2. The largest absolute Gasteiger partial charge is 0.300 e. The number of likely N-dealkylation sites (tertiary alicyclic amines) is 1. The number of carbonyl (C=O) groups is 1. The normalized spacial score (nSPS) is 35.1. The van der Waals surface area contributed by atoms with Crippen LogP contribution in [0.4, 0.5) is 4.39 Å². The quantitative estimate of drug-likeness (QED) is 0.675. The molecule has 1 heterocycles. The summed E-state index contributed by atoms with van der Waals surface area (Å²) in [6, 6.07) is 0. The highest BCUT2D eigenvalue weighted by atomic mass is 19.1. The molecule has 0 aromatic rings. The Bertz CT molecular complexity index is 219. The Morgan fingerprint density at radius 3 is 2.86 bits per heavy atom. The second-order valence-electron chi connectivity index (χ2n) is 4.55. The van der Waals surface area contributed by atoms with Gasteiger partial charge in [-0.25, -0.2) is 4.39 Å². The maximum absolute atomic E-state index is 12.9. The highest BCUT2D eigenvalue weighted by molar-refractivity contribution is 5.81. The van der Waals surface area contributed by atoms with Gasteiger partial charge in [0.25, 0.3) is 0 Å². The molecule has 2 aliphatic rings. The third-order valence-corrected chi connectivity index (χ3v) is 3.37. The van der Waals surface area contributed by atoms with E-state index < -0.39 is 6.17 Å². The van der Waals surface area contributed by atoms with Crippen molar-refractivity contribution in [3.05, 3.63) is 0 Å². The van der Waals surface area contributed by atoms with Crippen LogP contribution in [0.1, 0.15) is 32.1 Å². The first kappa shape index (κ1) is 10.1. The summed E-state index contributed by atoms with van der Waals surface area (Å²) in [5.74, 6) is 0.604. The van der Waals surface area contributed by atoms with Crippen LogP contribution in [-0.2, 0) is 4.79 Å². The molecule has 1 saturated heterocycles. The van der Waals surface area contributed by atoms with E-state index in [0.717, 1.165) is 32.4 Å². The lowest BCUT2D eigenvalue weighted by molar-refractivity contribution is -0.125. The first-order valence-corrected chi connectivity index (χ1v) is 5.65. The van der Waals surface area contributed by atoms with E-state index in [4.69, 9.17) is 0 Å². The number of halogens is 1. The topological polar surface area (TPSA) is 20.3 Å². The number of nitrogens with zero attached hydrogens (tertiary/aromatic N) is 1. The van der Waals surface area contributed by atoms with Gasteiger partial charge in [0.2, 0.25) is 0 Å². The fraction of sp³-hybridized carbons (Fsp3) is 0.909. The van der Waals surface area contributed by atoms with Crippen molar-refractivity contribution in [1.29, 1.82) is 0 Å². The zero-order valence-electron chi connectivity index (χ0n) is 8.54. The highest BCUT2D eigenvalue weighted by Crippen LogP contribution is 2.23. The fourth-order valence-electron chi connectivity index (χ4n) is 2.51. The van der Waals surface area contributed by atoms with E-state index in [9.17, 15) is 9.18 Å². The maximum atomic E-state index is 12.9. The Balaban J connectivity index is 1.81. The van der Waals surface area contributed by atoms with Crippen molar-refractivity contribution < 1.29 is 9.18 Å². The molecule has 80 valence electrons. The molecule has 1 aliphatic carbocycles. The second-order valence-corrected chi connectivity index (χ2v) is 4.55. The van der Waals surface area contributed by atoms with Crippen molar-refractivity contribution in [3.63, 3.8) is 0 Å². The predicted octanol–water partition coefficient (Wildman–Crippen LogP) is 1.79. The molecule has 0 aromatic heterocycles. The summed E-state index contributed by atoms with van der Waals surface area (Å²) in [7, 11) is 0. The van der Waals surface area contributed by atoms with Crippen molar-refractivity contribution >= 4 is 5.78 Å². The van der Waals surface area contributed by atoms with Crippen LogP contribution in [0, 0.1) is 5.92 Å². The molecular formula is C11H18FNO. The Labute approximate surface area is 84.5 Å². The van der Waals surface area contributed by atoms with Gasteiger partial charge in [-0.3, -0.25) is 9.69 Å². The molecule has 2 atom stereocenters. The smallest absolute Gasteiger partial charge is 0.137 e. The van der Waals surface area contributed by atoms with Crippen molar-refractivity contribution in [2.75, 3.05) is 19.6 Å². The van der Waals surface area contributed by atoms with Gasteiger partial charge in [0.05, 0.1) is 0 Å². The summed E-state index contributed by atoms with van der Waals surface area (Å²) in [5.41, 5.74) is 0. The lowest BCUT2D eigenvalue weighted by Gasteiger charge is -2.25. The van der Waals surface area contributed by atoms with E-state index >= 15 is 0 Å². The molecule has 0 radical (unpaired) electrons. The zero-order chi connectivity index (χ0) is 9.97. The molecule has 0 N–H and O–H groups in total. The number of hydrogen-bond donors (Lipinski definition) is 0. The van der Waals surface area contributed by atoms with Crippen LogP contribution < -0.4 is 0 Å². The van der Waals surface area contributed by atoms with Gasteiger partial charge in [-0.05, 0) is 19.3 Å². The fourth-order valence-corrected chi connectivity index (χ4v) is 2.51. The molecule has 1 saturated carbocycles. The van der Waals surface area contributed by atoms with Crippen molar-refractivity contribution in [2.45, 2.75) is 38.3 Å². The molecule has 2 unspecified atom stereocenters. The van der Waals surface area contributed by atoms with Gasteiger partial charge >= 0.3 is 0 Å². The van der Waals surface area contributed by atoms with Crippen molar-refractivity contribution in [3.8, 4) is 0 Å². The van der Waals surface area contributed by atoms with E-state index in [1.807, 2.05) is 0 Å². The van der Waals surface area contributed by atoms with E-state index in [0.29, 0.717) is 18.7 Å². The monoisotopic (exact) mass is 199 g/mol. The van der Waals surface area contributed by atoms with Crippen LogP contribution >= 0.6 is 0 Å². The van der Waals surface area contributed by atoms with Gasteiger partial charge in [0, 0.05) is 32.0 Å². The van der Waals surface area contributed by atoms with Crippen LogP contribution in [0.3, 0.4) is 0 Å². The van der Waals surface area contributed by atoms with E-state index in [1.165, 1.54) is 6.42 Å². The average Bonchev–Trinajstić information content (AvgIpc) is 2.56.